The topological polar surface area (TPSA) is 152 Å². The molecule has 56 heavy (non-hydrogen) atoms. The van der Waals surface area contributed by atoms with Crippen molar-refractivity contribution in [3.63, 3.8) is 0 Å². The number of aromatic nitrogens is 4. The number of aromatic amines is 1. The Morgan fingerprint density at radius 2 is 1.52 bits per heavy atom. The number of nitriles is 1. The smallest absolute Gasteiger partial charge is 0.280 e. The van der Waals surface area contributed by atoms with Gasteiger partial charge in [0.15, 0.2) is 11.2 Å². The van der Waals surface area contributed by atoms with Crippen LogP contribution in [-0.4, -0.2) is 95.1 Å². The van der Waals surface area contributed by atoms with Crippen LogP contribution in [0.2, 0.25) is 0 Å². The van der Waals surface area contributed by atoms with E-state index in [0.29, 0.717) is 17.1 Å². The van der Waals surface area contributed by atoms with E-state index >= 15 is 0 Å². The van der Waals surface area contributed by atoms with Crippen molar-refractivity contribution >= 4 is 32.0 Å². The lowest BCUT2D eigenvalue weighted by Crippen LogP contribution is -2.39. The third kappa shape index (κ3) is 9.98. The number of fused-ring (bicyclic) bond motifs is 1. The van der Waals surface area contributed by atoms with Gasteiger partial charge in [0.2, 0.25) is 5.95 Å². The third-order valence-electron chi connectivity index (χ3n) is 8.83. The first kappa shape index (κ1) is 42.0. The molecule has 0 amide bonds. The number of aliphatic imine (C=N–C) groups is 1. The number of rotatable bonds is 20. The minimum atomic E-state index is -1.71. The lowest BCUT2D eigenvalue weighted by Gasteiger charge is -2.39. The molecule has 5 rings (SSSR count). The molecule has 15 heteroatoms. The van der Waals surface area contributed by atoms with Crippen LogP contribution in [0.5, 0.6) is 11.5 Å². The lowest BCUT2D eigenvalue weighted by molar-refractivity contribution is -0.0381. The molecule has 0 saturated carbocycles. The van der Waals surface area contributed by atoms with E-state index < -0.39 is 25.8 Å². The second kappa shape index (κ2) is 19.6. The molecule has 0 radical (unpaired) electrons. The third-order valence-corrected chi connectivity index (χ3v) is 11.0. The molecule has 5 aromatic rings. The van der Waals surface area contributed by atoms with Gasteiger partial charge < -0.3 is 32.7 Å². The zero-order valence-corrected chi connectivity index (χ0v) is 34.1. The molecule has 3 aromatic carbocycles. The van der Waals surface area contributed by atoms with Crippen LogP contribution >= 0.6 is 8.53 Å². The number of H-pyrrole nitrogens is 1. The number of hydrogen-bond donors (Lipinski definition) is 1. The molecule has 1 unspecified atom stereocenters. The summed E-state index contributed by atoms with van der Waals surface area (Å²) in [6, 6.07) is 27.9. The van der Waals surface area contributed by atoms with Gasteiger partial charge in [0, 0.05) is 26.2 Å². The molecule has 2 heterocycles. The monoisotopic (exact) mass is 782 g/mol. The quantitative estimate of drug-likeness (QED) is 0.0285. The normalized spacial score (nSPS) is 13.1. The molecule has 296 valence electrons. The first-order valence-corrected chi connectivity index (χ1v) is 19.5. The summed E-state index contributed by atoms with van der Waals surface area (Å²) < 4.78 is 35.7. The van der Waals surface area contributed by atoms with Crippen molar-refractivity contribution in [2.45, 2.75) is 64.4 Å². The number of hydrogen-bond acceptors (Lipinski definition) is 11. The maximum Gasteiger partial charge on any atom is 0.280 e. The van der Waals surface area contributed by atoms with Crippen molar-refractivity contribution in [2.24, 2.45) is 4.99 Å². The second-order valence-corrected chi connectivity index (χ2v) is 15.2. The Morgan fingerprint density at radius 3 is 2.05 bits per heavy atom. The van der Waals surface area contributed by atoms with Crippen molar-refractivity contribution in [1.29, 1.82) is 5.26 Å². The Bertz CT molecular complexity index is 2060. The van der Waals surface area contributed by atoms with Crippen LogP contribution in [0.3, 0.4) is 0 Å². The first-order valence-electron chi connectivity index (χ1n) is 18.4. The lowest BCUT2D eigenvalue weighted by atomic mass is 9.80. The van der Waals surface area contributed by atoms with Crippen LogP contribution in [0, 0.1) is 11.3 Å². The van der Waals surface area contributed by atoms with E-state index in [1.807, 2.05) is 93.0 Å². The maximum absolute atomic E-state index is 13.1. The molecule has 14 nitrogen and oxygen atoms in total. The minimum Gasteiger partial charge on any atom is -0.497 e. The summed E-state index contributed by atoms with van der Waals surface area (Å²) in [5.41, 5.74) is 1.56. The van der Waals surface area contributed by atoms with E-state index in [9.17, 15) is 10.1 Å². The predicted octanol–water partition coefficient (Wildman–Crippen LogP) is 7.03. The fourth-order valence-electron chi connectivity index (χ4n) is 6.36. The van der Waals surface area contributed by atoms with Crippen LogP contribution in [0.4, 0.5) is 5.95 Å². The molecule has 0 bridgehead atoms. The minimum absolute atomic E-state index is 0.0475. The Morgan fingerprint density at radius 1 is 0.929 bits per heavy atom. The Labute approximate surface area is 329 Å². The Hall–Kier alpha value is -5.16. The number of nitrogens with zero attached hydrogens (tertiary/aromatic N) is 7. The van der Waals surface area contributed by atoms with Gasteiger partial charge in [-0.2, -0.15) is 10.2 Å². The molecular weight excluding hydrogens is 731 g/mol. The van der Waals surface area contributed by atoms with Crippen LogP contribution in [-0.2, 0) is 25.9 Å². The number of ether oxygens (including phenoxy) is 3. The van der Waals surface area contributed by atoms with Crippen molar-refractivity contribution in [1.82, 2.24) is 29.1 Å². The molecule has 0 spiro atoms. The molecule has 0 aliphatic carbocycles. The summed E-state index contributed by atoms with van der Waals surface area (Å²) in [5.74, 6) is 1.55. The van der Waals surface area contributed by atoms with Crippen LogP contribution < -0.4 is 15.0 Å². The zero-order valence-electron chi connectivity index (χ0n) is 33.2. The molecule has 0 aliphatic heterocycles. The molecule has 2 atom stereocenters. The van der Waals surface area contributed by atoms with E-state index in [4.69, 9.17) is 23.3 Å². The van der Waals surface area contributed by atoms with Crippen LogP contribution in [0.15, 0.2) is 95.0 Å². The van der Waals surface area contributed by atoms with Gasteiger partial charge in [0.1, 0.15) is 23.2 Å². The maximum atomic E-state index is 13.1. The van der Waals surface area contributed by atoms with Gasteiger partial charge in [-0.05, 0) is 68.7 Å². The van der Waals surface area contributed by atoms with Gasteiger partial charge in [-0.3, -0.25) is 9.78 Å². The van der Waals surface area contributed by atoms with Gasteiger partial charge in [-0.1, -0.05) is 54.6 Å². The average molecular weight is 783 g/mol. The second-order valence-electron chi connectivity index (χ2n) is 13.8. The SMILES string of the molecule is COc1ccc(C(OC[C@H](Cn2cnc3c(=O)[nH]c(/N=C/N(C)C)nc32)OP(OCCC#N)N(C(C)C)C(C)C)(c2ccccc2)c2ccc(OC)cc2)cc1. The highest BCUT2D eigenvalue weighted by Crippen LogP contribution is 2.48. The largest absolute Gasteiger partial charge is 0.497 e. The fourth-order valence-corrected chi connectivity index (χ4v) is 8.04. The van der Waals surface area contributed by atoms with E-state index in [1.54, 1.807) is 36.4 Å². The van der Waals surface area contributed by atoms with Gasteiger partial charge in [0.05, 0.1) is 59.1 Å². The van der Waals surface area contributed by atoms with Crippen LogP contribution in [0.1, 0.15) is 50.8 Å². The zero-order chi connectivity index (χ0) is 40.2. The first-order chi connectivity index (χ1) is 27.0. The molecular formula is C41H51N8O6P. The highest BCUT2D eigenvalue weighted by atomic mass is 31.2. The summed E-state index contributed by atoms with van der Waals surface area (Å²) in [4.78, 5) is 31.0. The summed E-state index contributed by atoms with van der Waals surface area (Å²) in [5, 5.41) is 9.40. The van der Waals surface area contributed by atoms with Crippen molar-refractivity contribution in [3.8, 4) is 17.6 Å². The van der Waals surface area contributed by atoms with Crippen molar-refractivity contribution in [3.05, 3.63) is 112 Å². The number of nitrogens with one attached hydrogen (secondary N) is 1. The molecule has 1 N–H and O–H groups in total. The van der Waals surface area contributed by atoms with E-state index in [1.165, 1.54) is 0 Å². The predicted molar refractivity (Wildman–Crippen MR) is 218 cm³/mol. The van der Waals surface area contributed by atoms with Crippen molar-refractivity contribution < 1.29 is 23.3 Å². The van der Waals surface area contributed by atoms with E-state index in [0.717, 1.165) is 16.7 Å². The Balaban J connectivity index is 1.66. The highest BCUT2D eigenvalue weighted by molar-refractivity contribution is 7.44. The molecule has 2 aromatic heterocycles. The number of imidazole rings is 1. The fraction of sp³-hybridized carbons (Fsp3) is 0.390. The average Bonchev–Trinajstić information content (AvgIpc) is 3.60. The van der Waals surface area contributed by atoms with Gasteiger partial charge in [-0.15, -0.1) is 0 Å². The molecule has 0 saturated heterocycles. The van der Waals surface area contributed by atoms with Crippen LogP contribution in [0.25, 0.3) is 11.2 Å². The van der Waals surface area contributed by atoms with E-state index in [-0.39, 0.29) is 49.7 Å². The molecule has 0 fully saturated rings. The van der Waals surface area contributed by atoms with Crippen molar-refractivity contribution in [2.75, 3.05) is 41.5 Å². The summed E-state index contributed by atoms with van der Waals surface area (Å²) in [7, 11) is 5.22. The summed E-state index contributed by atoms with van der Waals surface area (Å²) >= 11 is 0. The number of benzene rings is 3. The Kier molecular flexibility index (Phi) is 14.7. The highest BCUT2D eigenvalue weighted by Gasteiger charge is 2.40. The number of methoxy groups -OCH3 is 2. The van der Waals surface area contributed by atoms with Gasteiger partial charge >= 0.3 is 0 Å². The summed E-state index contributed by atoms with van der Waals surface area (Å²) in [6.07, 6.45) is 2.65. The standard InChI is InChI=1S/C41H51N8O6P/c1-29(2)49(30(3)4)56(54-24-12-23-42)55-36(25-48-28-43-37-38(48)45-40(46-39(37)50)44-27-47(5)6)26-53-41(31-13-10-9-11-14-31,32-15-19-34(51-7)20-16-32)33-17-21-35(52-8)22-18-33/h9-11,13-22,27-30,36H,12,24-26H2,1-8H3,(H,45,46,50)/b44-27+/t36-,56?/m0/s1. The van der Waals surface area contributed by atoms with Gasteiger partial charge in [-0.25, -0.2) is 14.6 Å². The molecule has 0 aliphatic rings. The van der Waals surface area contributed by atoms with E-state index in [2.05, 4.69) is 58.4 Å². The summed E-state index contributed by atoms with van der Waals surface area (Å²) in [6.45, 7) is 8.76. The van der Waals surface area contributed by atoms with Gasteiger partial charge in [0.25, 0.3) is 14.1 Å².